The second-order valence-electron chi connectivity index (χ2n) is 6.65. The normalized spacial score (nSPS) is 15.5. The molecule has 3 rings (SSSR count). The second kappa shape index (κ2) is 7.00. The van der Waals surface area contributed by atoms with Crippen LogP contribution in [0.15, 0.2) is 18.2 Å². The summed E-state index contributed by atoms with van der Waals surface area (Å²) >= 11 is 1.19. The van der Waals surface area contributed by atoms with Crippen LogP contribution < -0.4 is 5.32 Å². The summed E-state index contributed by atoms with van der Waals surface area (Å²) in [6, 6.07) is 3.06. The predicted octanol–water partition coefficient (Wildman–Crippen LogP) is 4.73. The van der Waals surface area contributed by atoms with Gasteiger partial charge in [-0.2, -0.15) is 5.26 Å². The Kier molecular flexibility index (Phi) is 4.92. The molecular weight excluding hydrogens is 358 g/mol. The number of anilines is 2. The SMILES string of the molecule is Cc1sc(Nc2cc(F)cc(F)c2)nc1C(=O)N(C#N)C1(C)CCCC1. The molecule has 0 radical (unpaired) electrons. The molecule has 26 heavy (non-hydrogen) atoms. The summed E-state index contributed by atoms with van der Waals surface area (Å²) < 4.78 is 26.6. The fraction of sp³-hybridized carbons (Fsp3) is 0.389. The van der Waals surface area contributed by atoms with Crippen LogP contribution >= 0.6 is 11.3 Å². The number of nitriles is 1. The molecule has 5 nitrogen and oxygen atoms in total. The van der Waals surface area contributed by atoms with Crippen LogP contribution in [-0.2, 0) is 0 Å². The van der Waals surface area contributed by atoms with Crippen molar-refractivity contribution in [1.29, 1.82) is 5.26 Å². The summed E-state index contributed by atoms with van der Waals surface area (Å²) in [5, 5.41) is 12.7. The molecule has 0 spiro atoms. The minimum absolute atomic E-state index is 0.184. The molecule has 1 aliphatic carbocycles. The Morgan fingerprint density at radius 2 is 1.92 bits per heavy atom. The molecule has 0 bridgehead atoms. The highest BCUT2D eigenvalue weighted by atomic mass is 32.1. The van der Waals surface area contributed by atoms with Crippen molar-refractivity contribution in [2.24, 2.45) is 0 Å². The van der Waals surface area contributed by atoms with Crippen molar-refractivity contribution in [3.8, 4) is 6.19 Å². The molecule has 8 heteroatoms. The molecule has 136 valence electrons. The Morgan fingerprint density at radius 1 is 1.31 bits per heavy atom. The lowest BCUT2D eigenvalue weighted by Gasteiger charge is -2.31. The van der Waals surface area contributed by atoms with Crippen molar-refractivity contribution in [2.45, 2.75) is 45.1 Å². The van der Waals surface area contributed by atoms with E-state index >= 15 is 0 Å². The van der Waals surface area contributed by atoms with Gasteiger partial charge in [0.25, 0.3) is 5.91 Å². The van der Waals surface area contributed by atoms with Crippen molar-refractivity contribution in [1.82, 2.24) is 9.88 Å². The maximum atomic E-state index is 13.3. The molecule has 1 amide bonds. The lowest BCUT2D eigenvalue weighted by molar-refractivity contribution is 0.0678. The number of nitrogens with zero attached hydrogens (tertiary/aromatic N) is 3. The summed E-state index contributed by atoms with van der Waals surface area (Å²) in [4.78, 5) is 19.0. The van der Waals surface area contributed by atoms with Gasteiger partial charge in [0.2, 0.25) is 0 Å². The van der Waals surface area contributed by atoms with E-state index in [9.17, 15) is 18.8 Å². The molecule has 0 atom stereocenters. The monoisotopic (exact) mass is 376 g/mol. The van der Waals surface area contributed by atoms with Crippen molar-refractivity contribution in [3.05, 3.63) is 40.4 Å². The Balaban J connectivity index is 1.85. The van der Waals surface area contributed by atoms with Crippen molar-refractivity contribution in [3.63, 3.8) is 0 Å². The molecule has 1 aliphatic rings. The lowest BCUT2D eigenvalue weighted by Crippen LogP contribution is -2.45. The molecule has 2 aromatic rings. The molecule has 1 saturated carbocycles. The number of carbonyl (C=O) groups is 1. The highest BCUT2D eigenvalue weighted by Crippen LogP contribution is 2.36. The highest BCUT2D eigenvalue weighted by Gasteiger charge is 2.40. The fourth-order valence-electron chi connectivity index (χ4n) is 3.28. The van der Waals surface area contributed by atoms with Crippen molar-refractivity contribution in [2.75, 3.05) is 5.32 Å². The van der Waals surface area contributed by atoms with E-state index in [1.165, 1.54) is 16.2 Å². The molecular formula is C18H18F2N4OS. The topological polar surface area (TPSA) is 69.0 Å². The zero-order chi connectivity index (χ0) is 18.9. The average Bonchev–Trinajstić information content (AvgIpc) is 3.13. The lowest BCUT2D eigenvalue weighted by atomic mass is 9.98. The van der Waals surface area contributed by atoms with E-state index in [-0.39, 0.29) is 11.4 Å². The fourth-order valence-corrected chi connectivity index (χ4v) is 4.10. The quantitative estimate of drug-likeness (QED) is 0.619. The first-order valence-corrected chi connectivity index (χ1v) is 9.09. The zero-order valence-corrected chi connectivity index (χ0v) is 15.3. The summed E-state index contributed by atoms with van der Waals surface area (Å²) in [7, 11) is 0. The number of aryl methyl sites for hydroxylation is 1. The summed E-state index contributed by atoms with van der Waals surface area (Å²) in [5.74, 6) is -1.85. The van der Waals surface area contributed by atoms with Crippen LogP contribution in [0.1, 0.15) is 48.0 Å². The Labute approximate surface area is 154 Å². The third-order valence-corrected chi connectivity index (χ3v) is 5.52. The molecule has 0 unspecified atom stereocenters. The number of amides is 1. The Hall–Kier alpha value is -2.53. The number of nitrogens with one attached hydrogen (secondary N) is 1. The van der Waals surface area contributed by atoms with Gasteiger partial charge < -0.3 is 5.32 Å². The summed E-state index contributed by atoms with van der Waals surface area (Å²) in [6.45, 7) is 3.65. The van der Waals surface area contributed by atoms with Crippen LogP contribution in [0.4, 0.5) is 19.6 Å². The van der Waals surface area contributed by atoms with E-state index in [4.69, 9.17) is 0 Å². The highest BCUT2D eigenvalue weighted by molar-refractivity contribution is 7.15. The van der Waals surface area contributed by atoms with Gasteiger partial charge in [-0.15, -0.1) is 11.3 Å². The van der Waals surface area contributed by atoms with Gasteiger partial charge in [-0.05, 0) is 38.8 Å². The molecule has 1 aromatic heterocycles. The average molecular weight is 376 g/mol. The molecule has 0 aliphatic heterocycles. The standard InChI is InChI=1S/C18H18F2N4OS/c1-11-15(16(25)24(10-21)18(2)5-3-4-6-18)23-17(26-11)22-14-8-12(19)7-13(20)9-14/h7-9H,3-6H2,1-2H3,(H,22,23). The molecule has 1 N–H and O–H groups in total. The molecule has 1 fully saturated rings. The van der Waals surface area contributed by atoms with E-state index in [0.29, 0.717) is 10.0 Å². The largest absolute Gasteiger partial charge is 0.331 e. The van der Waals surface area contributed by atoms with E-state index in [1.54, 1.807) is 6.92 Å². The number of benzene rings is 1. The Bertz CT molecular complexity index is 864. The smallest absolute Gasteiger partial charge is 0.287 e. The van der Waals surface area contributed by atoms with Crippen LogP contribution in [0.3, 0.4) is 0 Å². The summed E-state index contributed by atoms with van der Waals surface area (Å²) in [5.41, 5.74) is -0.0968. The number of halogens is 2. The van der Waals surface area contributed by atoms with Gasteiger partial charge >= 0.3 is 0 Å². The number of thiazole rings is 1. The van der Waals surface area contributed by atoms with Gasteiger partial charge in [-0.1, -0.05) is 12.8 Å². The number of rotatable bonds is 4. The minimum atomic E-state index is -0.707. The van der Waals surface area contributed by atoms with Gasteiger partial charge in [0.1, 0.15) is 17.3 Å². The number of aromatic nitrogens is 1. The number of carbonyl (C=O) groups excluding carboxylic acids is 1. The van der Waals surface area contributed by atoms with Gasteiger partial charge in [-0.25, -0.2) is 18.7 Å². The van der Waals surface area contributed by atoms with Crippen LogP contribution in [0.5, 0.6) is 0 Å². The van der Waals surface area contributed by atoms with Gasteiger partial charge in [0.05, 0.1) is 5.54 Å². The summed E-state index contributed by atoms with van der Waals surface area (Å²) in [6.07, 6.45) is 5.54. The van der Waals surface area contributed by atoms with Crippen LogP contribution in [0, 0.1) is 30.0 Å². The maximum absolute atomic E-state index is 13.3. The van der Waals surface area contributed by atoms with E-state index in [2.05, 4.69) is 10.3 Å². The first kappa shape index (κ1) is 18.3. The second-order valence-corrected chi connectivity index (χ2v) is 7.85. The maximum Gasteiger partial charge on any atom is 0.287 e. The Morgan fingerprint density at radius 3 is 2.50 bits per heavy atom. The van der Waals surface area contributed by atoms with Crippen LogP contribution in [0.2, 0.25) is 0 Å². The molecule has 0 saturated heterocycles. The molecule has 1 aromatic carbocycles. The van der Waals surface area contributed by atoms with Crippen molar-refractivity contribution < 1.29 is 13.6 Å². The van der Waals surface area contributed by atoms with Crippen molar-refractivity contribution >= 4 is 28.1 Å². The van der Waals surface area contributed by atoms with E-state index < -0.39 is 23.1 Å². The predicted molar refractivity (Wildman–Crippen MR) is 95.1 cm³/mol. The third kappa shape index (κ3) is 3.53. The van der Waals surface area contributed by atoms with Gasteiger partial charge in [0.15, 0.2) is 11.3 Å². The first-order chi connectivity index (χ1) is 12.3. The minimum Gasteiger partial charge on any atom is -0.331 e. The van der Waals surface area contributed by atoms with Gasteiger partial charge in [0, 0.05) is 16.6 Å². The van der Waals surface area contributed by atoms with Crippen LogP contribution in [-0.4, -0.2) is 21.3 Å². The third-order valence-electron chi connectivity index (χ3n) is 4.64. The number of hydrogen-bond donors (Lipinski definition) is 1. The van der Waals surface area contributed by atoms with Crippen LogP contribution in [0.25, 0.3) is 0 Å². The number of hydrogen-bond acceptors (Lipinski definition) is 5. The first-order valence-electron chi connectivity index (χ1n) is 8.27. The van der Waals surface area contributed by atoms with E-state index in [1.807, 2.05) is 13.1 Å². The zero-order valence-electron chi connectivity index (χ0n) is 14.5. The van der Waals surface area contributed by atoms with Gasteiger partial charge in [-0.3, -0.25) is 4.79 Å². The van der Waals surface area contributed by atoms with E-state index in [0.717, 1.165) is 43.9 Å². The molecule has 1 heterocycles.